The van der Waals surface area contributed by atoms with Gasteiger partial charge < -0.3 is 4.74 Å². The van der Waals surface area contributed by atoms with Crippen molar-refractivity contribution in [2.24, 2.45) is 0 Å². The average molecular weight is 227 g/mol. The highest BCUT2D eigenvalue weighted by Gasteiger charge is 2.12. The highest BCUT2D eigenvalue weighted by atomic mass is 35.5. The standard InChI is InChI=1S/C12H15ClO2/c1-4-11(13)15-12(14)10-6-8(2)5-9(3)7-10/h5-7,11H,4H2,1-3H3. The number of benzene rings is 1. The lowest BCUT2D eigenvalue weighted by atomic mass is 10.1. The van der Waals surface area contributed by atoms with Gasteiger partial charge in [-0.2, -0.15) is 0 Å². The van der Waals surface area contributed by atoms with Crippen molar-refractivity contribution in [1.29, 1.82) is 0 Å². The Labute approximate surface area is 95.2 Å². The molecule has 0 aliphatic rings. The zero-order chi connectivity index (χ0) is 11.4. The van der Waals surface area contributed by atoms with E-state index in [4.69, 9.17) is 16.3 Å². The lowest BCUT2D eigenvalue weighted by molar-refractivity contribution is 0.0443. The van der Waals surface area contributed by atoms with Crippen LogP contribution in [0, 0.1) is 13.8 Å². The SMILES string of the molecule is CCC(Cl)OC(=O)c1cc(C)cc(C)c1. The third-order valence-electron chi connectivity index (χ3n) is 2.01. The summed E-state index contributed by atoms with van der Waals surface area (Å²) in [5.74, 6) is -0.358. The molecule has 0 spiro atoms. The molecule has 1 atom stereocenters. The molecule has 0 N–H and O–H groups in total. The van der Waals surface area contributed by atoms with Gasteiger partial charge in [0.25, 0.3) is 0 Å². The predicted octanol–water partition coefficient (Wildman–Crippen LogP) is 3.44. The summed E-state index contributed by atoms with van der Waals surface area (Å²) in [4.78, 5) is 11.6. The third-order valence-corrected chi connectivity index (χ3v) is 2.41. The number of carbonyl (C=O) groups excluding carboxylic acids is 1. The Bertz CT molecular complexity index is 340. The molecule has 82 valence electrons. The lowest BCUT2D eigenvalue weighted by Crippen LogP contribution is -2.12. The molecule has 0 saturated heterocycles. The van der Waals surface area contributed by atoms with E-state index in [-0.39, 0.29) is 5.97 Å². The molecule has 15 heavy (non-hydrogen) atoms. The molecule has 0 radical (unpaired) electrons. The Morgan fingerprint density at radius 1 is 1.33 bits per heavy atom. The Morgan fingerprint density at radius 2 is 1.87 bits per heavy atom. The molecular weight excluding hydrogens is 212 g/mol. The Morgan fingerprint density at radius 3 is 2.33 bits per heavy atom. The Kier molecular flexibility index (Phi) is 4.15. The number of hydrogen-bond donors (Lipinski definition) is 0. The maximum Gasteiger partial charge on any atom is 0.339 e. The maximum absolute atomic E-state index is 11.6. The number of esters is 1. The van der Waals surface area contributed by atoms with Crippen LogP contribution in [0.15, 0.2) is 18.2 Å². The van der Waals surface area contributed by atoms with Crippen molar-refractivity contribution in [1.82, 2.24) is 0 Å². The number of rotatable bonds is 3. The number of carbonyl (C=O) groups is 1. The van der Waals surface area contributed by atoms with E-state index in [9.17, 15) is 4.79 Å². The van der Waals surface area contributed by atoms with Crippen molar-refractivity contribution >= 4 is 17.6 Å². The topological polar surface area (TPSA) is 26.3 Å². The summed E-state index contributed by atoms with van der Waals surface area (Å²) in [5.41, 5.74) is 2.11. The molecule has 0 aliphatic heterocycles. The van der Waals surface area contributed by atoms with Gasteiger partial charge in [0.05, 0.1) is 5.56 Å². The second kappa shape index (κ2) is 5.17. The molecule has 1 rings (SSSR count). The highest BCUT2D eigenvalue weighted by molar-refractivity contribution is 6.20. The van der Waals surface area contributed by atoms with E-state index in [1.54, 1.807) is 12.1 Å². The van der Waals surface area contributed by atoms with Crippen molar-refractivity contribution in [3.05, 3.63) is 34.9 Å². The Balaban J connectivity index is 2.82. The summed E-state index contributed by atoms with van der Waals surface area (Å²) in [7, 11) is 0. The molecule has 0 aliphatic carbocycles. The van der Waals surface area contributed by atoms with E-state index < -0.39 is 5.56 Å². The number of halogens is 1. The van der Waals surface area contributed by atoms with E-state index in [1.807, 2.05) is 26.8 Å². The number of hydrogen-bond acceptors (Lipinski definition) is 2. The predicted molar refractivity (Wildman–Crippen MR) is 61.3 cm³/mol. The molecule has 0 heterocycles. The fraction of sp³-hybridized carbons (Fsp3) is 0.417. The van der Waals surface area contributed by atoms with Gasteiger partial charge in [-0.1, -0.05) is 35.7 Å². The van der Waals surface area contributed by atoms with Crippen molar-refractivity contribution in [2.45, 2.75) is 32.8 Å². The van der Waals surface area contributed by atoms with Gasteiger partial charge in [-0.25, -0.2) is 4.79 Å². The van der Waals surface area contributed by atoms with Gasteiger partial charge in [-0.3, -0.25) is 0 Å². The quantitative estimate of drug-likeness (QED) is 0.583. The molecule has 0 saturated carbocycles. The number of alkyl halides is 1. The summed E-state index contributed by atoms with van der Waals surface area (Å²) in [5, 5.41) is 0. The van der Waals surface area contributed by atoms with E-state index in [2.05, 4.69) is 0 Å². The third kappa shape index (κ3) is 3.56. The minimum Gasteiger partial charge on any atom is -0.442 e. The lowest BCUT2D eigenvalue weighted by Gasteiger charge is -2.09. The monoisotopic (exact) mass is 226 g/mol. The van der Waals surface area contributed by atoms with Gasteiger partial charge in [-0.05, 0) is 32.4 Å². The molecule has 1 aromatic rings. The van der Waals surface area contributed by atoms with Gasteiger partial charge in [0, 0.05) is 0 Å². The number of aryl methyl sites for hydroxylation is 2. The molecule has 0 fully saturated rings. The summed E-state index contributed by atoms with van der Waals surface area (Å²) in [6.07, 6.45) is 0.609. The van der Waals surface area contributed by atoms with E-state index in [1.165, 1.54) is 0 Å². The van der Waals surface area contributed by atoms with Crippen LogP contribution >= 0.6 is 11.6 Å². The highest BCUT2D eigenvalue weighted by Crippen LogP contribution is 2.13. The van der Waals surface area contributed by atoms with E-state index in [0.717, 1.165) is 11.1 Å². The molecule has 0 aromatic heterocycles. The van der Waals surface area contributed by atoms with Crippen LogP contribution in [0.1, 0.15) is 34.8 Å². The van der Waals surface area contributed by atoms with Crippen molar-refractivity contribution in [3.63, 3.8) is 0 Å². The van der Waals surface area contributed by atoms with Gasteiger partial charge in [0.2, 0.25) is 0 Å². The van der Waals surface area contributed by atoms with Crippen molar-refractivity contribution in [3.8, 4) is 0 Å². The van der Waals surface area contributed by atoms with Gasteiger partial charge >= 0.3 is 5.97 Å². The fourth-order valence-electron chi connectivity index (χ4n) is 1.36. The summed E-state index contributed by atoms with van der Waals surface area (Å²) < 4.78 is 5.02. The van der Waals surface area contributed by atoms with Gasteiger partial charge in [-0.15, -0.1) is 0 Å². The molecule has 3 heteroatoms. The second-order valence-electron chi connectivity index (χ2n) is 3.60. The Hall–Kier alpha value is -1.02. The normalized spacial score (nSPS) is 12.3. The minimum atomic E-state index is -0.543. The second-order valence-corrected chi connectivity index (χ2v) is 4.09. The first kappa shape index (κ1) is 12.1. The van der Waals surface area contributed by atoms with Gasteiger partial charge in [0.15, 0.2) is 5.56 Å². The first-order valence-corrected chi connectivity index (χ1v) is 5.40. The molecule has 0 bridgehead atoms. The average Bonchev–Trinajstić information content (AvgIpc) is 2.16. The molecule has 1 aromatic carbocycles. The first-order valence-electron chi connectivity index (χ1n) is 4.96. The number of ether oxygens (including phenoxy) is 1. The largest absolute Gasteiger partial charge is 0.442 e. The minimum absolute atomic E-state index is 0.358. The van der Waals surface area contributed by atoms with Crippen LogP contribution in [0.3, 0.4) is 0 Å². The summed E-state index contributed by atoms with van der Waals surface area (Å²) in [6, 6.07) is 5.61. The van der Waals surface area contributed by atoms with Crippen LogP contribution < -0.4 is 0 Å². The van der Waals surface area contributed by atoms with Crippen LogP contribution in [0.4, 0.5) is 0 Å². The van der Waals surface area contributed by atoms with Crippen molar-refractivity contribution < 1.29 is 9.53 Å². The summed E-state index contributed by atoms with van der Waals surface area (Å²) in [6.45, 7) is 5.76. The van der Waals surface area contributed by atoms with E-state index in [0.29, 0.717) is 12.0 Å². The molecular formula is C12H15ClO2. The zero-order valence-electron chi connectivity index (χ0n) is 9.21. The van der Waals surface area contributed by atoms with Crippen LogP contribution in [0.2, 0.25) is 0 Å². The molecule has 0 amide bonds. The first-order chi connectivity index (χ1) is 7.02. The van der Waals surface area contributed by atoms with E-state index >= 15 is 0 Å². The van der Waals surface area contributed by atoms with Crippen LogP contribution in [-0.2, 0) is 4.74 Å². The zero-order valence-corrected chi connectivity index (χ0v) is 9.97. The fourth-order valence-corrected chi connectivity index (χ4v) is 1.44. The summed E-state index contributed by atoms with van der Waals surface area (Å²) >= 11 is 5.75. The van der Waals surface area contributed by atoms with Crippen LogP contribution in [0.25, 0.3) is 0 Å². The van der Waals surface area contributed by atoms with Crippen molar-refractivity contribution in [2.75, 3.05) is 0 Å². The van der Waals surface area contributed by atoms with Crippen LogP contribution in [-0.4, -0.2) is 11.5 Å². The van der Waals surface area contributed by atoms with Crippen LogP contribution in [0.5, 0.6) is 0 Å². The smallest absolute Gasteiger partial charge is 0.339 e. The molecule has 2 nitrogen and oxygen atoms in total. The van der Waals surface area contributed by atoms with Gasteiger partial charge in [0.1, 0.15) is 0 Å². The molecule has 1 unspecified atom stereocenters. The maximum atomic E-state index is 11.6.